The maximum atomic E-state index is 13.1. The normalized spacial score (nSPS) is 12.5. The van der Waals surface area contributed by atoms with Crippen LogP contribution in [0.4, 0.5) is 0 Å². The van der Waals surface area contributed by atoms with Crippen LogP contribution in [0.5, 0.6) is 11.5 Å². The fourth-order valence-corrected chi connectivity index (χ4v) is 3.17. The number of hydrogen-bond acceptors (Lipinski definition) is 4. The van der Waals surface area contributed by atoms with Crippen LogP contribution in [0.3, 0.4) is 0 Å². The van der Waals surface area contributed by atoms with Crippen LogP contribution < -0.4 is 14.8 Å². The van der Waals surface area contributed by atoms with E-state index >= 15 is 0 Å². The average Bonchev–Trinajstić information content (AvgIpc) is 2.81. The summed E-state index contributed by atoms with van der Waals surface area (Å²) in [4.78, 5) is 27.5. The second-order valence-corrected chi connectivity index (χ2v) is 8.13. The van der Waals surface area contributed by atoms with Gasteiger partial charge in [0.1, 0.15) is 17.5 Å². The lowest BCUT2D eigenvalue weighted by Gasteiger charge is -2.30. The van der Waals surface area contributed by atoms with Gasteiger partial charge in [-0.05, 0) is 63.4 Å². The summed E-state index contributed by atoms with van der Waals surface area (Å²) in [6, 6.07) is 14.9. The Hall–Kier alpha value is -3.02. The maximum Gasteiger partial charge on any atom is 0.242 e. The van der Waals surface area contributed by atoms with Crippen LogP contribution in [0.25, 0.3) is 0 Å². The molecule has 6 nitrogen and oxygen atoms in total. The fourth-order valence-electron chi connectivity index (χ4n) is 3.17. The zero-order valence-electron chi connectivity index (χ0n) is 19.9. The summed E-state index contributed by atoms with van der Waals surface area (Å²) in [7, 11) is 1.62. The molecule has 0 aliphatic carbocycles. The molecule has 0 saturated heterocycles. The molecule has 174 valence electrons. The van der Waals surface area contributed by atoms with Gasteiger partial charge in [-0.25, -0.2) is 0 Å². The van der Waals surface area contributed by atoms with E-state index in [1.807, 2.05) is 69.3 Å². The zero-order chi connectivity index (χ0) is 23.5. The lowest BCUT2D eigenvalue weighted by Crippen LogP contribution is -2.49. The molecule has 0 bridgehead atoms. The lowest BCUT2D eigenvalue weighted by molar-refractivity contribution is -0.141. The summed E-state index contributed by atoms with van der Waals surface area (Å²) in [6.07, 6.45) is 1.72. The van der Waals surface area contributed by atoms with Crippen molar-refractivity contribution in [1.82, 2.24) is 10.2 Å². The first-order valence-corrected chi connectivity index (χ1v) is 11.3. The van der Waals surface area contributed by atoms with Crippen LogP contribution in [-0.4, -0.2) is 42.5 Å². The first-order valence-electron chi connectivity index (χ1n) is 11.3. The Bertz CT molecular complexity index is 849. The first kappa shape index (κ1) is 25.2. The predicted octanol–water partition coefficient (Wildman–Crippen LogP) is 4.49. The van der Waals surface area contributed by atoms with E-state index in [9.17, 15) is 9.59 Å². The first-order chi connectivity index (χ1) is 15.3. The molecule has 2 aromatic rings. The number of aryl methyl sites for hydroxylation is 1. The number of carbonyl (C=O) groups excluding carboxylic acids is 2. The molecule has 2 atom stereocenters. The van der Waals surface area contributed by atoms with Crippen molar-refractivity contribution in [2.75, 3.05) is 13.7 Å². The molecule has 0 aliphatic heterocycles. The summed E-state index contributed by atoms with van der Waals surface area (Å²) in [5.74, 6) is 1.33. The Labute approximate surface area is 191 Å². The van der Waals surface area contributed by atoms with Gasteiger partial charge < -0.3 is 19.7 Å². The number of carbonyl (C=O) groups is 2. The van der Waals surface area contributed by atoms with Gasteiger partial charge in [-0.2, -0.15) is 0 Å². The van der Waals surface area contributed by atoms with Crippen molar-refractivity contribution < 1.29 is 19.1 Å². The fraction of sp³-hybridized carbons (Fsp3) is 0.462. The van der Waals surface area contributed by atoms with Gasteiger partial charge in [0.05, 0.1) is 13.7 Å². The SMILES string of the molecule is CC[C@H](C)NC(=O)[C@@H](C)N(Cc1ccc(OC)cc1)C(=O)CCCOc1ccc(C)cc1. The highest BCUT2D eigenvalue weighted by Crippen LogP contribution is 2.17. The molecule has 0 aromatic heterocycles. The second kappa shape index (κ2) is 12.7. The van der Waals surface area contributed by atoms with Crippen molar-refractivity contribution in [3.05, 3.63) is 59.7 Å². The standard InChI is InChI=1S/C26H36N2O4/c1-6-20(3)27-26(30)21(4)28(18-22-11-15-23(31-5)16-12-22)25(29)8-7-17-32-24-13-9-19(2)10-14-24/h9-16,20-21H,6-8,17-18H2,1-5H3,(H,27,30)/t20-,21+/m0/s1. The van der Waals surface area contributed by atoms with E-state index < -0.39 is 6.04 Å². The molecule has 0 aliphatic rings. The van der Waals surface area contributed by atoms with Crippen molar-refractivity contribution in [3.63, 3.8) is 0 Å². The summed E-state index contributed by atoms with van der Waals surface area (Å²) >= 11 is 0. The van der Waals surface area contributed by atoms with Crippen LogP contribution in [-0.2, 0) is 16.1 Å². The van der Waals surface area contributed by atoms with Crippen LogP contribution in [0.15, 0.2) is 48.5 Å². The number of methoxy groups -OCH3 is 1. The van der Waals surface area contributed by atoms with Crippen molar-refractivity contribution in [3.8, 4) is 11.5 Å². The highest BCUT2D eigenvalue weighted by molar-refractivity contribution is 5.87. The van der Waals surface area contributed by atoms with E-state index in [0.29, 0.717) is 26.0 Å². The number of benzene rings is 2. The van der Waals surface area contributed by atoms with Crippen LogP contribution >= 0.6 is 0 Å². The number of amides is 2. The van der Waals surface area contributed by atoms with Gasteiger partial charge in [0.25, 0.3) is 0 Å². The molecule has 2 amide bonds. The third-order valence-electron chi connectivity index (χ3n) is 5.50. The molecule has 0 radical (unpaired) electrons. The van der Waals surface area contributed by atoms with Gasteiger partial charge in [0.15, 0.2) is 0 Å². The Kier molecular flexibility index (Phi) is 10.1. The van der Waals surface area contributed by atoms with Crippen LogP contribution in [0.2, 0.25) is 0 Å². The Morgan fingerprint density at radius 1 is 1.00 bits per heavy atom. The average molecular weight is 441 g/mol. The van der Waals surface area contributed by atoms with Crippen molar-refractivity contribution >= 4 is 11.8 Å². The predicted molar refractivity (Wildman–Crippen MR) is 127 cm³/mol. The van der Waals surface area contributed by atoms with Crippen LogP contribution in [0, 0.1) is 6.92 Å². The molecular formula is C26H36N2O4. The minimum Gasteiger partial charge on any atom is -0.497 e. The number of hydrogen-bond donors (Lipinski definition) is 1. The third-order valence-corrected chi connectivity index (χ3v) is 5.50. The quantitative estimate of drug-likeness (QED) is 0.494. The van der Waals surface area contributed by atoms with E-state index in [2.05, 4.69) is 5.32 Å². The van der Waals surface area contributed by atoms with Gasteiger partial charge in [-0.1, -0.05) is 36.8 Å². The number of nitrogens with zero attached hydrogens (tertiary/aromatic N) is 1. The smallest absolute Gasteiger partial charge is 0.242 e. The van der Waals surface area contributed by atoms with Crippen molar-refractivity contribution in [1.29, 1.82) is 0 Å². The molecule has 0 saturated carbocycles. The van der Waals surface area contributed by atoms with Gasteiger partial charge in [-0.15, -0.1) is 0 Å². The number of rotatable bonds is 12. The minimum atomic E-state index is -0.573. The summed E-state index contributed by atoms with van der Waals surface area (Å²) in [6.45, 7) is 8.59. The summed E-state index contributed by atoms with van der Waals surface area (Å²) in [5, 5.41) is 2.98. The molecule has 1 N–H and O–H groups in total. The maximum absolute atomic E-state index is 13.1. The van der Waals surface area contributed by atoms with E-state index in [1.165, 1.54) is 5.56 Å². The number of ether oxygens (including phenoxy) is 2. The molecule has 32 heavy (non-hydrogen) atoms. The van der Waals surface area contributed by atoms with E-state index in [0.717, 1.165) is 23.5 Å². The molecule has 6 heteroatoms. The lowest BCUT2D eigenvalue weighted by atomic mass is 10.1. The van der Waals surface area contributed by atoms with E-state index in [4.69, 9.17) is 9.47 Å². The molecule has 0 spiro atoms. The van der Waals surface area contributed by atoms with Gasteiger partial charge in [0, 0.05) is 19.0 Å². The zero-order valence-corrected chi connectivity index (χ0v) is 19.9. The monoisotopic (exact) mass is 440 g/mol. The molecule has 0 unspecified atom stereocenters. The third kappa shape index (κ3) is 7.91. The van der Waals surface area contributed by atoms with Crippen molar-refractivity contribution in [2.24, 2.45) is 0 Å². The topological polar surface area (TPSA) is 67.9 Å². The molecule has 0 heterocycles. The van der Waals surface area contributed by atoms with Crippen molar-refractivity contribution in [2.45, 2.75) is 65.6 Å². The second-order valence-electron chi connectivity index (χ2n) is 8.13. The largest absolute Gasteiger partial charge is 0.497 e. The van der Waals surface area contributed by atoms with E-state index in [-0.39, 0.29) is 17.9 Å². The van der Waals surface area contributed by atoms with Gasteiger partial charge in [-0.3, -0.25) is 9.59 Å². The minimum absolute atomic E-state index is 0.0609. The summed E-state index contributed by atoms with van der Waals surface area (Å²) in [5.41, 5.74) is 2.12. The number of nitrogens with one attached hydrogen (secondary N) is 1. The van der Waals surface area contributed by atoms with Gasteiger partial charge in [0.2, 0.25) is 11.8 Å². The Morgan fingerprint density at radius 2 is 1.62 bits per heavy atom. The van der Waals surface area contributed by atoms with Gasteiger partial charge >= 0.3 is 0 Å². The highest BCUT2D eigenvalue weighted by atomic mass is 16.5. The molecular weight excluding hydrogens is 404 g/mol. The summed E-state index contributed by atoms with van der Waals surface area (Å²) < 4.78 is 11.0. The van der Waals surface area contributed by atoms with E-state index in [1.54, 1.807) is 18.9 Å². The molecule has 2 aromatic carbocycles. The Morgan fingerprint density at radius 3 is 2.22 bits per heavy atom. The Balaban J connectivity index is 2.01. The molecule has 0 fully saturated rings. The highest BCUT2D eigenvalue weighted by Gasteiger charge is 2.26. The molecule has 2 rings (SSSR count). The van der Waals surface area contributed by atoms with Crippen LogP contribution in [0.1, 0.15) is 51.2 Å².